The summed E-state index contributed by atoms with van der Waals surface area (Å²) in [5.74, 6) is 0.491. The van der Waals surface area contributed by atoms with Gasteiger partial charge in [-0.3, -0.25) is 9.59 Å². The fraction of sp³-hybridized carbons (Fsp3) is 0.217. The Hall–Kier alpha value is -3.34. The van der Waals surface area contributed by atoms with Crippen LogP contribution in [-0.4, -0.2) is 16.7 Å². The number of nitrogens with zero attached hydrogens (tertiary/aromatic N) is 1. The molecule has 1 aromatic heterocycles. The van der Waals surface area contributed by atoms with Gasteiger partial charge in [0.1, 0.15) is 11.3 Å². The Bertz CT molecular complexity index is 1030. The van der Waals surface area contributed by atoms with Crippen molar-refractivity contribution in [1.82, 2.24) is 10.2 Å². The van der Waals surface area contributed by atoms with Crippen LogP contribution in [-0.2, 0) is 9.59 Å². The second-order valence-corrected chi connectivity index (χ2v) is 7.07. The molecule has 1 N–H and O–H groups in total. The number of benzene rings is 2. The maximum absolute atomic E-state index is 12.8. The number of rotatable bonds is 4. The standard InChI is InChI=1S/C23H22N2O3/c1-15(22-13-18-8-4-6-10-21(18)28-22)24-23(27)14-20-19-9-5-3-7-17(19)11-12-25(20)16(2)26/h3-13,15,20H,14H2,1-2H3,(H,24,27)/t15-,20+/m0/s1. The predicted molar refractivity (Wildman–Crippen MR) is 108 cm³/mol. The smallest absolute Gasteiger partial charge is 0.223 e. The summed E-state index contributed by atoms with van der Waals surface area (Å²) in [6.45, 7) is 3.41. The van der Waals surface area contributed by atoms with Crippen molar-refractivity contribution in [2.75, 3.05) is 0 Å². The van der Waals surface area contributed by atoms with E-state index < -0.39 is 0 Å². The lowest BCUT2D eigenvalue weighted by Gasteiger charge is -2.32. The summed E-state index contributed by atoms with van der Waals surface area (Å²) in [6, 6.07) is 17.0. The Morgan fingerprint density at radius 1 is 1.14 bits per heavy atom. The molecule has 28 heavy (non-hydrogen) atoms. The van der Waals surface area contributed by atoms with E-state index in [0.29, 0.717) is 5.76 Å². The van der Waals surface area contributed by atoms with Gasteiger partial charge in [0.2, 0.25) is 11.8 Å². The lowest BCUT2D eigenvalue weighted by Crippen LogP contribution is -2.35. The lowest BCUT2D eigenvalue weighted by molar-refractivity contribution is -0.130. The zero-order chi connectivity index (χ0) is 19.7. The van der Waals surface area contributed by atoms with Crippen LogP contribution < -0.4 is 5.32 Å². The van der Waals surface area contributed by atoms with Crippen molar-refractivity contribution >= 4 is 28.9 Å². The molecule has 5 heteroatoms. The minimum absolute atomic E-state index is 0.0890. The van der Waals surface area contributed by atoms with Gasteiger partial charge in [-0.2, -0.15) is 0 Å². The van der Waals surface area contributed by atoms with E-state index in [1.165, 1.54) is 6.92 Å². The highest BCUT2D eigenvalue weighted by Gasteiger charge is 2.28. The van der Waals surface area contributed by atoms with Crippen LogP contribution >= 0.6 is 0 Å². The minimum Gasteiger partial charge on any atom is -0.459 e. The van der Waals surface area contributed by atoms with Crippen LogP contribution in [0.1, 0.15) is 49.2 Å². The van der Waals surface area contributed by atoms with Crippen molar-refractivity contribution in [2.24, 2.45) is 0 Å². The van der Waals surface area contributed by atoms with E-state index >= 15 is 0 Å². The largest absolute Gasteiger partial charge is 0.459 e. The molecule has 2 atom stereocenters. The Labute approximate surface area is 163 Å². The van der Waals surface area contributed by atoms with E-state index in [4.69, 9.17) is 4.42 Å². The van der Waals surface area contributed by atoms with Gasteiger partial charge >= 0.3 is 0 Å². The van der Waals surface area contributed by atoms with Gasteiger partial charge in [-0.15, -0.1) is 0 Å². The number of carbonyl (C=O) groups excluding carboxylic acids is 2. The molecule has 0 saturated carbocycles. The Balaban J connectivity index is 1.51. The number of para-hydroxylation sites is 1. The second-order valence-electron chi connectivity index (χ2n) is 7.07. The summed E-state index contributed by atoms with van der Waals surface area (Å²) >= 11 is 0. The molecule has 0 aliphatic carbocycles. The first-order chi connectivity index (χ1) is 13.5. The number of amides is 2. The zero-order valence-corrected chi connectivity index (χ0v) is 15.9. The van der Waals surface area contributed by atoms with E-state index in [-0.39, 0.29) is 30.3 Å². The Kier molecular flexibility index (Phi) is 4.74. The highest BCUT2D eigenvalue weighted by molar-refractivity contribution is 5.82. The van der Waals surface area contributed by atoms with Crippen LogP contribution in [0.25, 0.3) is 17.0 Å². The van der Waals surface area contributed by atoms with E-state index in [1.54, 1.807) is 11.1 Å². The van der Waals surface area contributed by atoms with Crippen molar-refractivity contribution in [3.63, 3.8) is 0 Å². The molecule has 0 spiro atoms. The Morgan fingerprint density at radius 2 is 1.89 bits per heavy atom. The molecule has 4 rings (SSSR count). The van der Waals surface area contributed by atoms with Crippen LogP contribution in [0.15, 0.2) is 65.2 Å². The van der Waals surface area contributed by atoms with Crippen LogP contribution in [0.3, 0.4) is 0 Å². The number of furan rings is 1. The first-order valence-corrected chi connectivity index (χ1v) is 9.37. The summed E-state index contributed by atoms with van der Waals surface area (Å²) in [5.41, 5.74) is 2.81. The molecule has 0 saturated heterocycles. The van der Waals surface area contributed by atoms with E-state index in [2.05, 4.69) is 5.32 Å². The van der Waals surface area contributed by atoms with Gasteiger partial charge in [0.25, 0.3) is 0 Å². The minimum atomic E-state index is -0.318. The number of nitrogens with one attached hydrogen (secondary N) is 1. The molecule has 0 radical (unpaired) electrons. The van der Waals surface area contributed by atoms with Crippen molar-refractivity contribution in [3.05, 3.63) is 77.7 Å². The molecular weight excluding hydrogens is 352 g/mol. The van der Waals surface area contributed by atoms with Crippen LogP contribution in [0.4, 0.5) is 0 Å². The highest BCUT2D eigenvalue weighted by Crippen LogP contribution is 2.33. The molecule has 142 valence electrons. The normalized spacial score (nSPS) is 16.6. The molecule has 0 unspecified atom stereocenters. The van der Waals surface area contributed by atoms with Gasteiger partial charge in [-0.1, -0.05) is 42.5 Å². The Morgan fingerprint density at radius 3 is 2.68 bits per heavy atom. The molecule has 2 heterocycles. The lowest BCUT2D eigenvalue weighted by atomic mass is 9.93. The highest BCUT2D eigenvalue weighted by atomic mass is 16.3. The van der Waals surface area contributed by atoms with Gasteiger partial charge in [0.15, 0.2) is 0 Å². The number of hydrogen-bond acceptors (Lipinski definition) is 3. The van der Waals surface area contributed by atoms with Gasteiger partial charge in [-0.25, -0.2) is 0 Å². The second kappa shape index (κ2) is 7.35. The average Bonchev–Trinajstić information content (AvgIpc) is 3.12. The summed E-state index contributed by atoms with van der Waals surface area (Å²) < 4.78 is 5.85. The van der Waals surface area contributed by atoms with Crippen LogP contribution in [0.2, 0.25) is 0 Å². The first-order valence-electron chi connectivity index (χ1n) is 9.37. The van der Waals surface area contributed by atoms with Crippen molar-refractivity contribution in [3.8, 4) is 0 Å². The molecule has 0 bridgehead atoms. The van der Waals surface area contributed by atoms with Crippen molar-refractivity contribution < 1.29 is 14.0 Å². The zero-order valence-electron chi connectivity index (χ0n) is 15.9. The van der Waals surface area contributed by atoms with Gasteiger partial charge in [-0.05, 0) is 36.3 Å². The molecule has 1 aliphatic heterocycles. The molecular formula is C23H22N2O3. The van der Waals surface area contributed by atoms with Crippen molar-refractivity contribution in [2.45, 2.75) is 32.4 Å². The molecule has 0 fully saturated rings. The maximum Gasteiger partial charge on any atom is 0.223 e. The number of hydrogen-bond donors (Lipinski definition) is 1. The van der Waals surface area contributed by atoms with Gasteiger partial charge in [0.05, 0.1) is 18.5 Å². The molecule has 2 aromatic carbocycles. The van der Waals surface area contributed by atoms with E-state index in [1.807, 2.05) is 67.6 Å². The maximum atomic E-state index is 12.8. The summed E-state index contributed by atoms with van der Waals surface area (Å²) in [5, 5.41) is 4.01. The molecule has 2 amide bonds. The van der Waals surface area contributed by atoms with Crippen molar-refractivity contribution in [1.29, 1.82) is 0 Å². The first kappa shape index (κ1) is 18.0. The van der Waals surface area contributed by atoms with Crippen LogP contribution in [0.5, 0.6) is 0 Å². The van der Waals surface area contributed by atoms with Gasteiger partial charge < -0.3 is 14.6 Å². The fourth-order valence-corrected chi connectivity index (χ4v) is 3.68. The summed E-state index contributed by atoms with van der Waals surface area (Å²) in [6.07, 6.45) is 3.85. The van der Waals surface area contributed by atoms with E-state index in [0.717, 1.165) is 22.1 Å². The third-order valence-corrected chi connectivity index (χ3v) is 5.10. The van der Waals surface area contributed by atoms with Crippen LogP contribution in [0, 0.1) is 0 Å². The van der Waals surface area contributed by atoms with E-state index in [9.17, 15) is 9.59 Å². The predicted octanol–water partition coefficient (Wildman–Crippen LogP) is 4.57. The summed E-state index contributed by atoms with van der Waals surface area (Å²) in [4.78, 5) is 26.5. The molecule has 1 aliphatic rings. The quantitative estimate of drug-likeness (QED) is 0.727. The average molecular weight is 374 g/mol. The third kappa shape index (κ3) is 3.43. The topological polar surface area (TPSA) is 62.6 Å². The fourth-order valence-electron chi connectivity index (χ4n) is 3.68. The molecule has 3 aromatic rings. The van der Waals surface area contributed by atoms with Gasteiger partial charge in [0, 0.05) is 18.5 Å². The third-order valence-electron chi connectivity index (χ3n) is 5.10. The monoisotopic (exact) mass is 374 g/mol. The molecule has 5 nitrogen and oxygen atoms in total. The number of carbonyl (C=O) groups is 2. The summed E-state index contributed by atoms with van der Waals surface area (Å²) in [7, 11) is 0. The SMILES string of the molecule is CC(=O)N1C=Cc2ccccc2[C@H]1CC(=O)N[C@@H](C)c1cc2ccccc2o1. The number of fused-ring (bicyclic) bond motifs is 2.